The van der Waals surface area contributed by atoms with E-state index in [1.54, 1.807) is 0 Å². The van der Waals surface area contributed by atoms with E-state index in [0.717, 1.165) is 38.5 Å². The lowest BCUT2D eigenvalue weighted by Gasteiger charge is -2.60. The van der Waals surface area contributed by atoms with Crippen molar-refractivity contribution in [2.24, 2.45) is 40.4 Å². The molecule has 26 unspecified atom stereocenters. The molecule has 0 aromatic rings. The summed E-state index contributed by atoms with van der Waals surface area (Å²) in [6.45, 7) is 7.17. The Bertz CT molecular complexity index is 1680. The van der Waals surface area contributed by atoms with E-state index in [9.17, 15) is 56.2 Å². The lowest BCUT2D eigenvalue weighted by molar-refractivity contribution is -0.394. The first-order chi connectivity index (χ1) is 30.3. The zero-order chi connectivity index (χ0) is 45.8. The fourth-order valence-corrected chi connectivity index (χ4v) is 14.0. The first kappa shape index (κ1) is 48.0. The molecule has 5 heterocycles. The largest absolute Gasteiger partial charge is 0.396 e. The summed E-state index contributed by atoms with van der Waals surface area (Å²) in [6, 6.07) is 0. The van der Waals surface area contributed by atoms with Gasteiger partial charge in [0, 0.05) is 30.3 Å². The molecule has 5 aliphatic heterocycles. The van der Waals surface area contributed by atoms with E-state index in [4.69, 9.17) is 37.9 Å². The maximum absolute atomic E-state index is 12.8. The van der Waals surface area contributed by atoms with Crippen molar-refractivity contribution in [3.8, 4) is 0 Å². The quantitative estimate of drug-likeness (QED) is 0.115. The van der Waals surface area contributed by atoms with Gasteiger partial charge in [-0.05, 0) is 81.5 Å². The number of aliphatic hydroxyl groups excluding tert-OH is 10. The van der Waals surface area contributed by atoms with E-state index in [0.29, 0.717) is 37.7 Å². The summed E-state index contributed by atoms with van der Waals surface area (Å²) >= 11 is 0. The third-order valence-electron chi connectivity index (χ3n) is 18.1. The van der Waals surface area contributed by atoms with E-state index in [1.807, 2.05) is 0 Å². The van der Waals surface area contributed by atoms with Crippen molar-refractivity contribution in [3.63, 3.8) is 0 Å². The molecule has 1 spiro atoms. The molecule has 26 atom stereocenters. The maximum Gasteiger partial charge on any atom is 0.187 e. The summed E-state index contributed by atoms with van der Waals surface area (Å²) in [5.74, 6) is -0.109. The molecule has 9 rings (SSSR count). The van der Waals surface area contributed by atoms with Gasteiger partial charge in [-0.25, -0.2) is 0 Å². The Kier molecular flexibility index (Phi) is 13.3. The molecule has 64 heavy (non-hydrogen) atoms. The van der Waals surface area contributed by atoms with Gasteiger partial charge in [-0.2, -0.15) is 0 Å². The molecule has 9 aliphatic rings. The van der Waals surface area contributed by atoms with Gasteiger partial charge in [0.15, 0.2) is 24.7 Å². The smallest absolute Gasteiger partial charge is 0.187 e. The summed E-state index contributed by atoms with van der Waals surface area (Å²) in [5.41, 5.74) is -0.360. The van der Waals surface area contributed by atoms with Crippen LogP contribution in [-0.2, 0) is 37.9 Å². The van der Waals surface area contributed by atoms with Crippen LogP contribution < -0.4 is 0 Å². The van der Waals surface area contributed by atoms with E-state index < -0.39 is 123 Å². The Hall–Kier alpha value is -1.02. The van der Waals surface area contributed by atoms with Crippen LogP contribution in [0.15, 0.2) is 11.6 Å². The van der Waals surface area contributed by atoms with Crippen molar-refractivity contribution in [2.75, 3.05) is 26.4 Å². The Labute approximate surface area is 373 Å². The van der Waals surface area contributed by atoms with Crippen LogP contribution in [0.5, 0.6) is 0 Å². The third kappa shape index (κ3) is 7.42. The Balaban J connectivity index is 0.942. The minimum absolute atomic E-state index is 0.0716. The fourth-order valence-electron chi connectivity index (χ4n) is 14.0. The van der Waals surface area contributed by atoms with Crippen LogP contribution in [0.4, 0.5) is 0 Å². The summed E-state index contributed by atoms with van der Waals surface area (Å²) in [7, 11) is 0. The lowest BCUT2D eigenvalue weighted by atomic mass is 9.46. The van der Waals surface area contributed by atoms with Crippen LogP contribution in [0.1, 0.15) is 85.5 Å². The number of hydrogen-bond donors (Lipinski definition) is 11. The van der Waals surface area contributed by atoms with Crippen molar-refractivity contribution in [1.29, 1.82) is 0 Å². The third-order valence-corrected chi connectivity index (χ3v) is 18.1. The second-order valence-electron chi connectivity index (χ2n) is 21.1. The molecule has 19 heteroatoms. The van der Waals surface area contributed by atoms with Crippen LogP contribution in [0.3, 0.4) is 0 Å². The molecule has 5 saturated heterocycles. The van der Waals surface area contributed by atoms with Crippen molar-refractivity contribution in [1.82, 2.24) is 0 Å². The average molecular weight is 917 g/mol. The molecular formula is C45H72O19. The second-order valence-corrected chi connectivity index (χ2v) is 21.1. The standard InChI is InChI=1S/C45H72O19/c1-19-30(49)33(52)35(54)39(58-19)63-38-37(62-40-36(55)34(53)31(50)27(16-47)60-40)32(51)28(17-48)61-41(38)59-23-8-10-42(3)22(13-23)5-6-24-25(42)9-11-43(4)26(24)14-29-45(43,56)20(2)44(64-29)12-7-21(15-46)18-57-44/h5,19-21,23-41,46-56H,6-18H2,1-4H3. The van der Waals surface area contributed by atoms with Gasteiger partial charge in [0.1, 0.15) is 72.7 Å². The second kappa shape index (κ2) is 17.7. The highest BCUT2D eigenvalue weighted by Crippen LogP contribution is 2.72. The van der Waals surface area contributed by atoms with E-state index in [2.05, 4.69) is 26.8 Å². The van der Waals surface area contributed by atoms with Crippen LogP contribution in [0, 0.1) is 40.4 Å². The highest BCUT2D eigenvalue weighted by molar-refractivity contribution is 5.29. The average Bonchev–Trinajstić information content (AvgIpc) is 3.64. The van der Waals surface area contributed by atoms with Crippen molar-refractivity contribution >= 4 is 0 Å². The highest BCUT2D eigenvalue weighted by Gasteiger charge is 2.76. The Morgan fingerprint density at radius 1 is 0.672 bits per heavy atom. The first-order valence-corrected chi connectivity index (χ1v) is 23.6. The molecule has 3 saturated carbocycles. The van der Waals surface area contributed by atoms with Gasteiger partial charge in [0.25, 0.3) is 0 Å². The molecule has 0 aromatic carbocycles. The van der Waals surface area contributed by atoms with Gasteiger partial charge in [0.2, 0.25) is 0 Å². The molecule has 4 aliphatic carbocycles. The van der Waals surface area contributed by atoms with Gasteiger partial charge in [-0.3, -0.25) is 0 Å². The van der Waals surface area contributed by atoms with Crippen LogP contribution in [0.2, 0.25) is 0 Å². The number of allylic oxidation sites excluding steroid dienone is 1. The predicted molar refractivity (Wildman–Crippen MR) is 217 cm³/mol. The molecular weight excluding hydrogens is 844 g/mol. The molecule has 0 bridgehead atoms. The molecule has 19 nitrogen and oxygen atoms in total. The number of ether oxygens (including phenoxy) is 8. The van der Waals surface area contributed by atoms with Crippen molar-refractivity contribution in [2.45, 2.75) is 201 Å². The summed E-state index contributed by atoms with van der Waals surface area (Å²) in [5, 5.41) is 118. The van der Waals surface area contributed by atoms with Gasteiger partial charge in [0.05, 0.1) is 38.1 Å². The highest BCUT2D eigenvalue weighted by atomic mass is 16.8. The molecule has 0 aromatic heterocycles. The van der Waals surface area contributed by atoms with Gasteiger partial charge in [-0.15, -0.1) is 0 Å². The minimum atomic E-state index is -1.87. The Morgan fingerprint density at radius 2 is 1.33 bits per heavy atom. The minimum Gasteiger partial charge on any atom is -0.396 e. The van der Waals surface area contributed by atoms with Crippen LogP contribution in [0.25, 0.3) is 0 Å². The van der Waals surface area contributed by atoms with Gasteiger partial charge in [-0.1, -0.05) is 32.4 Å². The summed E-state index contributed by atoms with van der Waals surface area (Å²) in [6.07, 6.45) is -15.4. The monoisotopic (exact) mass is 916 g/mol. The topological polar surface area (TPSA) is 296 Å². The molecule has 366 valence electrons. The van der Waals surface area contributed by atoms with Gasteiger partial charge >= 0.3 is 0 Å². The fraction of sp³-hybridized carbons (Fsp3) is 0.956. The van der Waals surface area contributed by atoms with Crippen LogP contribution in [-0.4, -0.2) is 198 Å². The summed E-state index contributed by atoms with van der Waals surface area (Å²) in [4.78, 5) is 0. The molecule has 0 radical (unpaired) electrons. The zero-order valence-corrected chi connectivity index (χ0v) is 37.2. The number of rotatable bonds is 9. The van der Waals surface area contributed by atoms with E-state index in [-0.39, 0.29) is 41.3 Å². The molecule has 11 N–H and O–H groups in total. The normalized spacial score (nSPS) is 57.4. The SMILES string of the molecule is CC1OC(OC2C(OC3CCC4(C)C(=CCC5C4CCC4(C)C5CC5OC6(CCC(CO)CO6)C(C)C54O)C3)OC(CO)C(O)C2OC2OC(CO)C(O)C(O)C2O)C(O)C(O)C1O. The maximum atomic E-state index is 12.8. The predicted octanol–water partition coefficient (Wildman–Crippen LogP) is -1.70. The van der Waals surface area contributed by atoms with Crippen molar-refractivity contribution in [3.05, 3.63) is 11.6 Å². The Morgan fingerprint density at radius 3 is 2.00 bits per heavy atom. The first-order valence-electron chi connectivity index (χ1n) is 23.6. The van der Waals surface area contributed by atoms with Crippen molar-refractivity contribution < 1.29 is 94.1 Å². The van der Waals surface area contributed by atoms with Crippen LogP contribution >= 0.6 is 0 Å². The number of hydrogen-bond acceptors (Lipinski definition) is 19. The van der Waals surface area contributed by atoms with E-state index >= 15 is 0 Å². The summed E-state index contributed by atoms with van der Waals surface area (Å²) < 4.78 is 49.8. The molecule has 0 amide bonds. The lowest BCUT2D eigenvalue weighted by Crippen LogP contribution is -2.67. The van der Waals surface area contributed by atoms with E-state index in [1.165, 1.54) is 12.5 Å². The number of aliphatic hydroxyl groups is 11. The zero-order valence-electron chi connectivity index (χ0n) is 37.2. The van der Waals surface area contributed by atoms with Gasteiger partial charge < -0.3 is 94.1 Å². The number of fused-ring (bicyclic) bond motifs is 7. The molecule has 8 fully saturated rings.